The lowest BCUT2D eigenvalue weighted by atomic mass is 10.1. The number of aryl methyl sites for hydroxylation is 2. The first-order valence-electron chi connectivity index (χ1n) is 6.85. The van der Waals surface area contributed by atoms with E-state index in [4.69, 9.17) is 0 Å². The van der Waals surface area contributed by atoms with E-state index in [1.165, 1.54) is 11.8 Å². The van der Waals surface area contributed by atoms with Gasteiger partial charge in [0.05, 0.1) is 0 Å². The fourth-order valence-electron chi connectivity index (χ4n) is 1.79. The summed E-state index contributed by atoms with van der Waals surface area (Å²) in [6, 6.07) is 10.3. The lowest BCUT2D eigenvalue weighted by molar-refractivity contribution is -0.530. The Morgan fingerprint density at radius 3 is 2.55 bits per heavy atom. The van der Waals surface area contributed by atoms with Crippen LogP contribution < -0.4 is 0 Å². The van der Waals surface area contributed by atoms with Gasteiger partial charge in [0.25, 0.3) is 0 Å². The molecule has 0 aliphatic carbocycles. The van der Waals surface area contributed by atoms with Crippen LogP contribution in [0.4, 0.5) is 0 Å². The zero-order chi connectivity index (χ0) is 14.6. The number of hydroxylamine groups is 1. The highest BCUT2D eigenvalue weighted by Gasteiger charge is 2.18. The minimum atomic E-state index is -0.441. The number of rotatable bonds is 4. The smallest absolute Gasteiger partial charge is 0.202 e. The predicted molar refractivity (Wildman–Crippen MR) is 81.0 cm³/mol. The van der Waals surface area contributed by atoms with Crippen molar-refractivity contribution in [1.29, 1.82) is 0 Å². The van der Waals surface area contributed by atoms with Gasteiger partial charge in [-0.3, -0.25) is 0 Å². The van der Waals surface area contributed by atoms with Crippen molar-refractivity contribution in [2.24, 2.45) is 0 Å². The third-order valence-corrected chi connectivity index (χ3v) is 3.05. The summed E-state index contributed by atoms with van der Waals surface area (Å²) in [6.45, 7) is 5.62. The van der Waals surface area contributed by atoms with Crippen molar-refractivity contribution in [3.05, 3.63) is 58.8 Å². The highest BCUT2D eigenvalue weighted by Crippen LogP contribution is 2.07. The molecule has 106 valence electrons. The first-order chi connectivity index (χ1) is 9.45. The number of H-pyrrole nitrogens is 1. The molecule has 0 aliphatic heterocycles. The number of imidazole rings is 1. The van der Waals surface area contributed by atoms with Gasteiger partial charge in [0.15, 0.2) is 5.54 Å². The second-order valence-corrected chi connectivity index (χ2v) is 5.88. The molecule has 1 aromatic heterocycles. The molecule has 0 atom stereocenters. The van der Waals surface area contributed by atoms with Crippen molar-refractivity contribution in [1.82, 2.24) is 9.97 Å². The molecule has 2 rings (SSSR count). The van der Waals surface area contributed by atoms with E-state index in [-0.39, 0.29) is 0 Å². The van der Waals surface area contributed by atoms with E-state index in [0.717, 1.165) is 23.4 Å². The minimum absolute atomic E-state index is 0.441. The Bertz CT molecular complexity index is 579. The van der Waals surface area contributed by atoms with Gasteiger partial charge >= 0.3 is 0 Å². The Hall–Kier alpha value is -2.10. The highest BCUT2D eigenvalue weighted by molar-refractivity contribution is 5.72. The molecule has 0 spiro atoms. The van der Waals surface area contributed by atoms with Crippen LogP contribution in [0.1, 0.15) is 37.9 Å². The molecular weight excluding hydrogens is 250 g/mol. The average Bonchev–Trinajstić information content (AvgIpc) is 2.84. The van der Waals surface area contributed by atoms with Crippen molar-refractivity contribution in [3.63, 3.8) is 0 Å². The standard InChI is InChI=1S/C16H21N3O/c1-16(2,3)19(20)12-14-11-17-15(18-14)10-9-13-7-5-4-6-8-13/h4-8,11-12H,9-10H2,1-3H3,(H,17,18)/b19-12-. The normalized spacial score (nSPS) is 12.7. The molecule has 0 unspecified atom stereocenters. The largest absolute Gasteiger partial charge is 0.623 e. The summed E-state index contributed by atoms with van der Waals surface area (Å²) in [5, 5.41) is 11.8. The highest BCUT2D eigenvalue weighted by atomic mass is 16.5. The summed E-state index contributed by atoms with van der Waals surface area (Å²) in [6.07, 6.45) is 5.08. The lowest BCUT2D eigenvalue weighted by Crippen LogP contribution is -2.29. The number of aromatic amines is 1. The van der Waals surface area contributed by atoms with E-state index in [1.54, 1.807) is 6.20 Å². The van der Waals surface area contributed by atoms with E-state index in [1.807, 2.05) is 39.0 Å². The Balaban J connectivity index is 1.99. The third kappa shape index (κ3) is 3.95. The Labute approximate surface area is 119 Å². The first kappa shape index (κ1) is 14.3. The van der Waals surface area contributed by atoms with Crippen molar-refractivity contribution < 1.29 is 4.74 Å². The van der Waals surface area contributed by atoms with Crippen LogP contribution in [-0.4, -0.2) is 26.5 Å². The van der Waals surface area contributed by atoms with Gasteiger partial charge in [-0.1, -0.05) is 30.3 Å². The van der Waals surface area contributed by atoms with Crippen LogP contribution in [-0.2, 0) is 12.8 Å². The van der Waals surface area contributed by atoms with Crippen LogP contribution >= 0.6 is 0 Å². The number of hydrogen-bond donors (Lipinski definition) is 1. The second kappa shape index (κ2) is 5.90. The zero-order valence-electron chi connectivity index (χ0n) is 12.3. The molecule has 0 saturated heterocycles. The van der Waals surface area contributed by atoms with Crippen LogP contribution in [0.15, 0.2) is 36.5 Å². The number of nitrogens with zero attached hydrogens (tertiary/aromatic N) is 2. The number of nitrogens with one attached hydrogen (secondary N) is 1. The average molecular weight is 271 g/mol. The predicted octanol–water partition coefficient (Wildman–Crippen LogP) is 2.92. The van der Waals surface area contributed by atoms with Crippen molar-refractivity contribution >= 4 is 6.21 Å². The molecule has 1 aromatic carbocycles. The first-order valence-corrected chi connectivity index (χ1v) is 6.85. The van der Waals surface area contributed by atoms with Gasteiger partial charge in [0.2, 0.25) is 6.21 Å². The van der Waals surface area contributed by atoms with Crippen LogP contribution in [0, 0.1) is 5.21 Å². The fraction of sp³-hybridized carbons (Fsp3) is 0.375. The van der Waals surface area contributed by atoms with Crippen LogP contribution in [0.3, 0.4) is 0 Å². The molecule has 0 bridgehead atoms. The van der Waals surface area contributed by atoms with Gasteiger partial charge in [-0.05, 0) is 12.0 Å². The summed E-state index contributed by atoms with van der Waals surface area (Å²) >= 11 is 0. The van der Waals surface area contributed by atoms with Crippen LogP contribution in [0.5, 0.6) is 0 Å². The molecule has 20 heavy (non-hydrogen) atoms. The topological polar surface area (TPSA) is 54.8 Å². The van der Waals surface area contributed by atoms with Crippen molar-refractivity contribution in [2.45, 2.75) is 39.2 Å². The molecule has 1 N–H and O–H groups in total. The second-order valence-electron chi connectivity index (χ2n) is 5.88. The summed E-state index contributed by atoms with van der Waals surface area (Å²) < 4.78 is 0.935. The van der Waals surface area contributed by atoms with Gasteiger partial charge < -0.3 is 10.2 Å². The maximum atomic E-state index is 11.8. The van der Waals surface area contributed by atoms with E-state index < -0.39 is 5.54 Å². The van der Waals surface area contributed by atoms with Gasteiger partial charge in [0, 0.05) is 33.4 Å². The Morgan fingerprint density at radius 2 is 1.90 bits per heavy atom. The van der Waals surface area contributed by atoms with E-state index in [9.17, 15) is 5.21 Å². The molecule has 0 amide bonds. The van der Waals surface area contributed by atoms with Gasteiger partial charge in [-0.25, -0.2) is 9.72 Å². The monoisotopic (exact) mass is 271 g/mol. The Morgan fingerprint density at radius 1 is 1.20 bits per heavy atom. The molecule has 2 aromatic rings. The third-order valence-electron chi connectivity index (χ3n) is 3.05. The van der Waals surface area contributed by atoms with Crippen molar-refractivity contribution in [3.8, 4) is 0 Å². The lowest BCUT2D eigenvalue weighted by Gasteiger charge is -2.17. The van der Waals surface area contributed by atoms with E-state index in [2.05, 4.69) is 22.1 Å². The van der Waals surface area contributed by atoms with Crippen LogP contribution in [0.2, 0.25) is 0 Å². The minimum Gasteiger partial charge on any atom is -0.623 e. The Kier molecular flexibility index (Phi) is 4.23. The van der Waals surface area contributed by atoms with Gasteiger partial charge in [0.1, 0.15) is 11.5 Å². The molecule has 4 heteroatoms. The maximum Gasteiger partial charge on any atom is 0.202 e. The molecule has 1 heterocycles. The van der Waals surface area contributed by atoms with E-state index in [0.29, 0.717) is 5.69 Å². The number of benzene rings is 1. The molecule has 4 nitrogen and oxygen atoms in total. The molecule has 0 radical (unpaired) electrons. The van der Waals surface area contributed by atoms with Gasteiger partial charge in [-0.2, -0.15) is 0 Å². The summed E-state index contributed by atoms with van der Waals surface area (Å²) in [4.78, 5) is 7.55. The van der Waals surface area contributed by atoms with Crippen LogP contribution in [0.25, 0.3) is 0 Å². The SMILES string of the molecule is CC(C)(C)/[N+]([O-])=C/c1c[nH]c(CCc2ccccc2)n1. The summed E-state index contributed by atoms with van der Waals surface area (Å²) in [5.74, 6) is 0.905. The summed E-state index contributed by atoms with van der Waals surface area (Å²) in [5.41, 5.74) is 1.52. The molecular formula is C16H21N3O. The quantitative estimate of drug-likeness (QED) is 0.402. The zero-order valence-corrected chi connectivity index (χ0v) is 12.3. The number of aromatic nitrogens is 2. The van der Waals surface area contributed by atoms with Crippen molar-refractivity contribution in [2.75, 3.05) is 0 Å². The molecule has 0 aliphatic rings. The molecule has 0 fully saturated rings. The summed E-state index contributed by atoms with van der Waals surface area (Å²) in [7, 11) is 0. The fourth-order valence-corrected chi connectivity index (χ4v) is 1.79. The maximum absolute atomic E-state index is 11.8. The van der Waals surface area contributed by atoms with E-state index >= 15 is 0 Å². The van der Waals surface area contributed by atoms with Gasteiger partial charge in [-0.15, -0.1) is 0 Å². The number of hydrogen-bond acceptors (Lipinski definition) is 2. The molecule has 0 saturated carbocycles.